The van der Waals surface area contributed by atoms with E-state index >= 15 is 0 Å². The van der Waals surface area contributed by atoms with Crippen LogP contribution in [0.5, 0.6) is 0 Å². The van der Waals surface area contributed by atoms with Gasteiger partial charge in [0, 0.05) is 19.7 Å². The number of nitrogens with zero attached hydrogens (tertiary/aromatic N) is 2. The lowest BCUT2D eigenvalue weighted by molar-refractivity contribution is -0.384. The topological polar surface area (TPSA) is 75.5 Å². The second-order valence-electron chi connectivity index (χ2n) is 4.25. The average Bonchev–Trinajstić information content (AvgIpc) is 2.42. The Labute approximate surface area is 118 Å². The first-order valence-electron chi connectivity index (χ1n) is 6.00. The van der Waals surface area contributed by atoms with Crippen molar-refractivity contribution in [1.29, 1.82) is 0 Å². The van der Waals surface area contributed by atoms with Gasteiger partial charge in [-0.1, -0.05) is 0 Å². The highest BCUT2D eigenvalue weighted by Crippen LogP contribution is 2.34. The molecule has 0 saturated heterocycles. The van der Waals surface area contributed by atoms with E-state index in [2.05, 4.69) is 5.32 Å². The molecular formula is C12H14F3N3O3. The standard InChI is InChI=1S/C12H14F3N3O3/c1-3-17(2)11(19)7-16-9-5-4-8(12(13,14)15)6-10(9)18(20)21/h4-6,16H,3,7H2,1-2H3. The highest BCUT2D eigenvalue weighted by atomic mass is 19.4. The van der Waals surface area contributed by atoms with Crippen molar-refractivity contribution in [1.82, 2.24) is 4.90 Å². The molecule has 1 aromatic rings. The average molecular weight is 305 g/mol. The first-order chi connectivity index (χ1) is 9.66. The van der Waals surface area contributed by atoms with Gasteiger partial charge >= 0.3 is 6.18 Å². The molecule has 0 heterocycles. The summed E-state index contributed by atoms with van der Waals surface area (Å²) in [7, 11) is 1.55. The van der Waals surface area contributed by atoms with Crippen LogP contribution in [-0.4, -0.2) is 35.9 Å². The first-order valence-corrected chi connectivity index (χ1v) is 6.00. The number of nitrogens with one attached hydrogen (secondary N) is 1. The number of likely N-dealkylation sites (N-methyl/N-ethyl adjacent to an activating group) is 1. The molecule has 0 spiro atoms. The van der Waals surface area contributed by atoms with Gasteiger partial charge < -0.3 is 10.2 Å². The molecule has 21 heavy (non-hydrogen) atoms. The van der Waals surface area contributed by atoms with E-state index in [0.717, 1.165) is 12.1 Å². The van der Waals surface area contributed by atoms with E-state index in [-0.39, 0.29) is 18.1 Å². The van der Waals surface area contributed by atoms with E-state index in [1.165, 1.54) is 4.90 Å². The summed E-state index contributed by atoms with van der Waals surface area (Å²) >= 11 is 0. The minimum atomic E-state index is -4.67. The Hall–Kier alpha value is -2.32. The van der Waals surface area contributed by atoms with Gasteiger partial charge in [0.15, 0.2) is 0 Å². The van der Waals surface area contributed by atoms with Crippen LogP contribution in [0.15, 0.2) is 18.2 Å². The first kappa shape index (κ1) is 16.7. The quantitative estimate of drug-likeness (QED) is 0.670. The van der Waals surface area contributed by atoms with Gasteiger partial charge in [-0.25, -0.2) is 0 Å². The molecule has 0 atom stereocenters. The molecule has 116 valence electrons. The highest BCUT2D eigenvalue weighted by Gasteiger charge is 2.33. The molecule has 0 fully saturated rings. The van der Waals surface area contributed by atoms with Gasteiger partial charge in [0.05, 0.1) is 17.0 Å². The number of benzene rings is 1. The Balaban J connectivity index is 2.98. The number of amides is 1. The second kappa shape index (κ2) is 6.42. The summed E-state index contributed by atoms with van der Waals surface area (Å²) in [5.41, 5.74) is -1.97. The minimum Gasteiger partial charge on any atom is -0.371 e. The predicted molar refractivity (Wildman–Crippen MR) is 69.9 cm³/mol. The second-order valence-corrected chi connectivity index (χ2v) is 4.25. The molecule has 1 N–H and O–H groups in total. The van der Waals surface area contributed by atoms with Gasteiger partial charge in [0.2, 0.25) is 5.91 Å². The lowest BCUT2D eigenvalue weighted by Crippen LogP contribution is -2.32. The van der Waals surface area contributed by atoms with Crippen LogP contribution in [0.25, 0.3) is 0 Å². The zero-order chi connectivity index (χ0) is 16.2. The number of hydrogen-bond acceptors (Lipinski definition) is 4. The summed E-state index contributed by atoms with van der Waals surface area (Å²) in [5.74, 6) is -0.327. The Kier molecular flexibility index (Phi) is 5.12. The number of anilines is 1. The monoisotopic (exact) mass is 305 g/mol. The maximum absolute atomic E-state index is 12.5. The fraction of sp³-hybridized carbons (Fsp3) is 0.417. The molecule has 6 nitrogen and oxygen atoms in total. The Bertz CT molecular complexity index is 546. The number of rotatable bonds is 5. The van der Waals surface area contributed by atoms with E-state index in [1.54, 1.807) is 14.0 Å². The molecule has 1 amide bonds. The normalized spacial score (nSPS) is 11.1. The third-order valence-corrected chi connectivity index (χ3v) is 2.85. The minimum absolute atomic E-state index is 0.133. The van der Waals surface area contributed by atoms with Crippen LogP contribution in [0.3, 0.4) is 0 Å². The van der Waals surface area contributed by atoms with E-state index in [4.69, 9.17) is 0 Å². The largest absolute Gasteiger partial charge is 0.416 e. The number of carbonyl (C=O) groups is 1. The highest BCUT2D eigenvalue weighted by molar-refractivity contribution is 5.81. The van der Waals surface area contributed by atoms with Gasteiger partial charge in [0.1, 0.15) is 5.69 Å². The van der Waals surface area contributed by atoms with E-state index in [1.807, 2.05) is 0 Å². The van der Waals surface area contributed by atoms with Gasteiger partial charge in [-0.3, -0.25) is 14.9 Å². The van der Waals surface area contributed by atoms with Crippen LogP contribution in [0.2, 0.25) is 0 Å². The van der Waals surface area contributed by atoms with E-state index in [0.29, 0.717) is 12.6 Å². The number of alkyl halides is 3. The zero-order valence-corrected chi connectivity index (χ0v) is 11.4. The maximum Gasteiger partial charge on any atom is 0.416 e. The van der Waals surface area contributed by atoms with E-state index in [9.17, 15) is 28.1 Å². The van der Waals surface area contributed by atoms with Gasteiger partial charge in [-0.05, 0) is 19.1 Å². The van der Waals surface area contributed by atoms with Crippen LogP contribution in [-0.2, 0) is 11.0 Å². The molecule has 0 aromatic heterocycles. The Morgan fingerprint density at radius 3 is 2.52 bits per heavy atom. The fourth-order valence-electron chi connectivity index (χ4n) is 1.49. The lowest BCUT2D eigenvalue weighted by Gasteiger charge is -2.15. The summed E-state index contributed by atoms with van der Waals surface area (Å²) < 4.78 is 37.6. The van der Waals surface area contributed by atoms with E-state index < -0.39 is 22.4 Å². The smallest absolute Gasteiger partial charge is 0.371 e. The molecule has 1 rings (SSSR count). The van der Waals surface area contributed by atoms with Crippen LogP contribution in [0.4, 0.5) is 24.5 Å². The molecule has 0 aliphatic rings. The van der Waals surface area contributed by atoms with Crippen LogP contribution in [0, 0.1) is 10.1 Å². The van der Waals surface area contributed by atoms with Gasteiger partial charge in [0.25, 0.3) is 5.69 Å². The molecule has 0 aliphatic carbocycles. The van der Waals surface area contributed by atoms with Crippen molar-refractivity contribution in [3.8, 4) is 0 Å². The molecular weight excluding hydrogens is 291 g/mol. The summed E-state index contributed by atoms with van der Waals surface area (Å²) in [6.45, 7) is 1.96. The summed E-state index contributed by atoms with van der Waals surface area (Å²) in [6.07, 6.45) is -4.67. The third-order valence-electron chi connectivity index (χ3n) is 2.85. The van der Waals surface area contributed by atoms with Crippen LogP contribution < -0.4 is 5.32 Å². The van der Waals surface area contributed by atoms with Crippen molar-refractivity contribution in [2.75, 3.05) is 25.5 Å². The number of nitro benzene ring substituents is 1. The SMILES string of the molecule is CCN(C)C(=O)CNc1ccc(C(F)(F)F)cc1[N+](=O)[O-]. The summed E-state index contributed by atoms with van der Waals surface area (Å²) in [5, 5.41) is 13.3. The maximum atomic E-state index is 12.5. The summed E-state index contributed by atoms with van der Waals surface area (Å²) in [6, 6.07) is 2.11. The lowest BCUT2D eigenvalue weighted by atomic mass is 10.1. The van der Waals surface area contributed by atoms with Crippen molar-refractivity contribution < 1.29 is 22.9 Å². The Morgan fingerprint density at radius 2 is 2.05 bits per heavy atom. The predicted octanol–water partition coefficient (Wildman–Crippen LogP) is 2.50. The molecule has 0 unspecified atom stereocenters. The van der Waals surface area contributed by atoms with Gasteiger partial charge in [-0.15, -0.1) is 0 Å². The number of nitro groups is 1. The van der Waals surface area contributed by atoms with Crippen molar-refractivity contribution in [2.45, 2.75) is 13.1 Å². The number of halogens is 3. The zero-order valence-electron chi connectivity index (χ0n) is 11.4. The molecule has 0 bridgehead atoms. The third kappa shape index (κ3) is 4.33. The van der Waals surface area contributed by atoms with Crippen molar-refractivity contribution >= 4 is 17.3 Å². The Morgan fingerprint density at radius 1 is 1.43 bits per heavy atom. The molecule has 0 radical (unpaired) electrons. The van der Waals surface area contributed by atoms with Gasteiger partial charge in [-0.2, -0.15) is 13.2 Å². The molecule has 9 heteroatoms. The van der Waals surface area contributed by atoms with Crippen LogP contribution in [0.1, 0.15) is 12.5 Å². The molecule has 0 aliphatic heterocycles. The summed E-state index contributed by atoms with van der Waals surface area (Å²) in [4.78, 5) is 22.9. The molecule has 0 saturated carbocycles. The fourth-order valence-corrected chi connectivity index (χ4v) is 1.49. The van der Waals surface area contributed by atoms with Crippen LogP contribution >= 0.6 is 0 Å². The van der Waals surface area contributed by atoms with Crippen molar-refractivity contribution in [3.05, 3.63) is 33.9 Å². The van der Waals surface area contributed by atoms with Crippen molar-refractivity contribution in [2.24, 2.45) is 0 Å². The number of carbonyl (C=O) groups excluding carboxylic acids is 1. The number of hydrogen-bond donors (Lipinski definition) is 1. The molecule has 1 aromatic carbocycles. The van der Waals surface area contributed by atoms with Crippen molar-refractivity contribution in [3.63, 3.8) is 0 Å².